The summed E-state index contributed by atoms with van der Waals surface area (Å²) < 4.78 is 21.8. The molecule has 15 heavy (non-hydrogen) atoms. The first kappa shape index (κ1) is 12.0. The molecule has 1 aromatic rings. The summed E-state index contributed by atoms with van der Waals surface area (Å²) in [4.78, 5) is 0. The first-order valence-corrected chi connectivity index (χ1v) is 6.64. The van der Waals surface area contributed by atoms with Crippen LogP contribution in [0.1, 0.15) is 18.6 Å². The molecule has 0 heterocycles. The zero-order valence-electron chi connectivity index (χ0n) is 8.77. The zero-order valence-corrected chi connectivity index (χ0v) is 9.58. The standard InChI is InChI=1S/C10H15NO3S/c1-8(12)9-3-5-10(6-4-9)11-7-15(2,13)14/h3-6,8,11-12H,7H2,1-2H3. The second-order valence-electron chi connectivity index (χ2n) is 3.54. The molecule has 0 spiro atoms. The summed E-state index contributed by atoms with van der Waals surface area (Å²) in [5.41, 5.74) is 1.53. The third-order valence-corrected chi connectivity index (χ3v) is 2.60. The summed E-state index contributed by atoms with van der Waals surface area (Å²) in [6.07, 6.45) is 0.665. The van der Waals surface area contributed by atoms with Gasteiger partial charge in [0, 0.05) is 11.9 Å². The number of hydrogen-bond donors (Lipinski definition) is 2. The quantitative estimate of drug-likeness (QED) is 0.813. The van der Waals surface area contributed by atoms with Crippen LogP contribution >= 0.6 is 0 Å². The summed E-state index contributed by atoms with van der Waals surface area (Å²) in [5, 5.41) is 12.0. The first-order valence-electron chi connectivity index (χ1n) is 4.58. The van der Waals surface area contributed by atoms with E-state index in [1.807, 2.05) is 0 Å². The highest BCUT2D eigenvalue weighted by Gasteiger charge is 2.02. The van der Waals surface area contributed by atoms with Crippen molar-refractivity contribution in [1.29, 1.82) is 0 Å². The predicted molar refractivity (Wildman–Crippen MR) is 60.4 cm³/mol. The molecule has 0 aliphatic rings. The summed E-state index contributed by atoms with van der Waals surface area (Å²) >= 11 is 0. The van der Waals surface area contributed by atoms with Crippen LogP contribution in [0.4, 0.5) is 5.69 Å². The zero-order chi connectivity index (χ0) is 11.5. The van der Waals surface area contributed by atoms with E-state index in [4.69, 9.17) is 0 Å². The molecule has 0 bridgehead atoms. The molecule has 1 atom stereocenters. The Kier molecular flexibility index (Phi) is 3.71. The van der Waals surface area contributed by atoms with Gasteiger partial charge in [0.25, 0.3) is 0 Å². The SMILES string of the molecule is CC(O)c1ccc(NCS(C)(=O)=O)cc1. The van der Waals surface area contributed by atoms with Crippen LogP contribution in [0.2, 0.25) is 0 Å². The fourth-order valence-corrected chi connectivity index (χ4v) is 1.52. The Morgan fingerprint density at radius 1 is 1.33 bits per heavy atom. The van der Waals surface area contributed by atoms with E-state index in [-0.39, 0.29) is 5.88 Å². The van der Waals surface area contributed by atoms with Crippen molar-refractivity contribution in [2.24, 2.45) is 0 Å². The van der Waals surface area contributed by atoms with Crippen LogP contribution in [0.25, 0.3) is 0 Å². The van der Waals surface area contributed by atoms with Gasteiger partial charge in [-0.3, -0.25) is 0 Å². The summed E-state index contributed by atoms with van der Waals surface area (Å²) in [7, 11) is -3.01. The monoisotopic (exact) mass is 229 g/mol. The molecule has 0 radical (unpaired) electrons. The van der Waals surface area contributed by atoms with Crippen molar-refractivity contribution in [1.82, 2.24) is 0 Å². The van der Waals surface area contributed by atoms with E-state index in [0.29, 0.717) is 0 Å². The van der Waals surface area contributed by atoms with Gasteiger partial charge in [0.2, 0.25) is 0 Å². The van der Waals surface area contributed by atoms with E-state index < -0.39 is 15.9 Å². The van der Waals surface area contributed by atoms with E-state index in [1.165, 1.54) is 6.26 Å². The average molecular weight is 229 g/mol. The molecule has 2 N–H and O–H groups in total. The van der Waals surface area contributed by atoms with Crippen molar-refractivity contribution < 1.29 is 13.5 Å². The van der Waals surface area contributed by atoms with Crippen molar-refractivity contribution in [3.05, 3.63) is 29.8 Å². The minimum atomic E-state index is -3.01. The number of rotatable bonds is 4. The fourth-order valence-electron chi connectivity index (χ4n) is 1.09. The van der Waals surface area contributed by atoms with Crippen molar-refractivity contribution in [3.8, 4) is 0 Å². The van der Waals surface area contributed by atoms with Gasteiger partial charge in [-0.05, 0) is 24.6 Å². The molecule has 0 amide bonds. The van der Waals surface area contributed by atoms with Gasteiger partial charge in [0.05, 0.1) is 6.10 Å². The van der Waals surface area contributed by atoms with Crippen LogP contribution in [-0.2, 0) is 9.84 Å². The lowest BCUT2D eigenvalue weighted by molar-refractivity contribution is 0.199. The Hall–Kier alpha value is -1.07. The summed E-state index contributed by atoms with van der Waals surface area (Å²) in [6, 6.07) is 7.00. The van der Waals surface area contributed by atoms with Gasteiger partial charge in [0.15, 0.2) is 9.84 Å². The highest BCUT2D eigenvalue weighted by Crippen LogP contribution is 2.15. The molecule has 1 unspecified atom stereocenters. The van der Waals surface area contributed by atoms with Gasteiger partial charge in [-0.1, -0.05) is 12.1 Å². The van der Waals surface area contributed by atoms with E-state index in [0.717, 1.165) is 11.3 Å². The molecule has 0 saturated carbocycles. The second kappa shape index (κ2) is 4.63. The van der Waals surface area contributed by atoms with Crippen molar-refractivity contribution in [3.63, 3.8) is 0 Å². The molecule has 84 valence electrons. The van der Waals surface area contributed by atoms with Crippen LogP contribution in [0, 0.1) is 0 Å². The highest BCUT2D eigenvalue weighted by molar-refractivity contribution is 7.90. The van der Waals surface area contributed by atoms with Crippen LogP contribution in [-0.4, -0.2) is 25.7 Å². The molecule has 0 aliphatic heterocycles. The van der Waals surface area contributed by atoms with Gasteiger partial charge < -0.3 is 10.4 Å². The number of benzene rings is 1. The number of aliphatic hydroxyl groups excluding tert-OH is 1. The maximum atomic E-state index is 10.9. The lowest BCUT2D eigenvalue weighted by Crippen LogP contribution is -2.12. The molecule has 1 rings (SSSR count). The second-order valence-corrected chi connectivity index (χ2v) is 5.69. The lowest BCUT2D eigenvalue weighted by Gasteiger charge is -2.07. The minimum Gasteiger partial charge on any atom is -0.389 e. The maximum absolute atomic E-state index is 10.9. The molecule has 0 fully saturated rings. The summed E-state index contributed by atoms with van der Waals surface area (Å²) in [6.45, 7) is 1.68. The average Bonchev–Trinajstić information content (AvgIpc) is 2.14. The van der Waals surface area contributed by atoms with Crippen molar-refractivity contribution in [2.45, 2.75) is 13.0 Å². The third-order valence-electron chi connectivity index (χ3n) is 1.93. The van der Waals surface area contributed by atoms with Gasteiger partial charge in [-0.25, -0.2) is 8.42 Å². The normalized spacial score (nSPS) is 13.5. The molecule has 1 aromatic carbocycles. The largest absolute Gasteiger partial charge is 0.389 e. The van der Waals surface area contributed by atoms with E-state index in [2.05, 4.69) is 5.32 Å². The van der Waals surface area contributed by atoms with Gasteiger partial charge in [0.1, 0.15) is 5.88 Å². The first-order chi connectivity index (χ1) is 6.88. The van der Waals surface area contributed by atoms with Gasteiger partial charge >= 0.3 is 0 Å². The Morgan fingerprint density at radius 2 is 1.87 bits per heavy atom. The van der Waals surface area contributed by atoms with Crippen molar-refractivity contribution >= 4 is 15.5 Å². The number of hydrogen-bond acceptors (Lipinski definition) is 4. The molecular formula is C10H15NO3S. The van der Waals surface area contributed by atoms with Crippen LogP contribution in [0.3, 0.4) is 0 Å². The molecular weight excluding hydrogens is 214 g/mol. The number of nitrogens with one attached hydrogen (secondary N) is 1. The fraction of sp³-hybridized carbons (Fsp3) is 0.400. The number of anilines is 1. The number of aliphatic hydroxyl groups is 1. The highest BCUT2D eigenvalue weighted by atomic mass is 32.2. The summed E-state index contributed by atoms with van der Waals surface area (Å²) in [5.74, 6) is -0.0823. The van der Waals surface area contributed by atoms with Gasteiger partial charge in [-0.15, -0.1) is 0 Å². The Balaban J connectivity index is 2.65. The van der Waals surface area contributed by atoms with Crippen molar-refractivity contribution in [2.75, 3.05) is 17.4 Å². The molecule has 0 aromatic heterocycles. The molecule has 5 heteroatoms. The maximum Gasteiger partial charge on any atom is 0.165 e. The molecule has 0 saturated heterocycles. The van der Waals surface area contributed by atoms with E-state index >= 15 is 0 Å². The molecule has 4 nitrogen and oxygen atoms in total. The Morgan fingerprint density at radius 3 is 2.27 bits per heavy atom. The Bertz CT molecular complexity index is 409. The van der Waals surface area contributed by atoms with E-state index in [9.17, 15) is 13.5 Å². The lowest BCUT2D eigenvalue weighted by atomic mass is 10.1. The smallest absolute Gasteiger partial charge is 0.165 e. The van der Waals surface area contributed by atoms with Crippen LogP contribution < -0.4 is 5.32 Å². The minimum absolute atomic E-state index is 0.0823. The predicted octanol–water partition coefficient (Wildman–Crippen LogP) is 1.15. The van der Waals surface area contributed by atoms with Gasteiger partial charge in [-0.2, -0.15) is 0 Å². The van der Waals surface area contributed by atoms with Crippen LogP contribution in [0.5, 0.6) is 0 Å². The Labute approximate surface area is 89.9 Å². The van der Waals surface area contributed by atoms with Crippen LogP contribution in [0.15, 0.2) is 24.3 Å². The third kappa shape index (κ3) is 4.31. The number of sulfone groups is 1. The molecule has 0 aliphatic carbocycles. The van der Waals surface area contributed by atoms with E-state index in [1.54, 1.807) is 31.2 Å². The topological polar surface area (TPSA) is 66.4 Å².